The first kappa shape index (κ1) is 18.6. The van der Waals surface area contributed by atoms with Gasteiger partial charge in [-0.2, -0.15) is 0 Å². The Balaban J connectivity index is 1.60. The van der Waals surface area contributed by atoms with Crippen molar-refractivity contribution in [2.24, 2.45) is 0 Å². The number of hydrogen-bond acceptors (Lipinski definition) is 5. The quantitative estimate of drug-likeness (QED) is 0.790. The summed E-state index contributed by atoms with van der Waals surface area (Å²) in [5.74, 6) is -0.659. The molecule has 2 fully saturated rings. The molecule has 2 heterocycles. The highest BCUT2D eigenvalue weighted by atomic mass is 32.2. The normalized spacial score (nSPS) is 27.6. The van der Waals surface area contributed by atoms with Crippen molar-refractivity contribution in [3.63, 3.8) is 0 Å². The fraction of sp³-hybridized carbons (Fsp3) is 0.429. The van der Waals surface area contributed by atoms with Crippen molar-refractivity contribution in [3.05, 3.63) is 66.2 Å². The lowest BCUT2D eigenvalue weighted by molar-refractivity contribution is -0.160. The van der Waals surface area contributed by atoms with Gasteiger partial charge in [-0.05, 0) is 31.5 Å². The summed E-state index contributed by atoms with van der Waals surface area (Å²) in [5, 5.41) is 0. The molecular formula is C21H25NO4S. The predicted molar refractivity (Wildman–Crippen MR) is 103 cm³/mol. The molecule has 2 aromatic carbocycles. The fourth-order valence-corrected chi connectivity index (χ4v) is 5.67. The summed E-state index contributed by atoms with van der Waals surface area (Å²) in [6.45, 7) is 5.11. The molecule has 6 heteroatoms. The average molecular weight is 388 g/mol. The zero-order valence-corrected chi connectivity index (χ0v) is 16.4. The minimum absolute atomic E-state index is 0.0183. The van der Waals surface area contributed by atoms with Crippen LogP contribution in [-0.4, -0.2) is 49.7 Å². The fourth-order valence-electron chi connectivity index (χ4n) is 4.05. The molecule has 0 bridgehead atoms. The summed E-state index contributed by atoms with van der Waals surface area (Å²) >= 11 is 0. The largest absolute Gasteiger partial charge is 0.343 e. The van der Waals surface area contributed by atoms with Gasteiger partial charge in [-0.15, -0.1) is 0 Å². The van der Waals surface area contributed by atoms with Crippen LogP contribution >= 0.6 is 0 Å². The summed E-state index contributed by atoms with van der Waals surface area (Å²) in [5.41, 5.74) is 1.15. The van der Waals surface area contributed by atoms with Crippen molar-refractivity contribution in [2.45, 2.75) is 49.3 Å². The minimum Gasteiger partial charge on any atom is -0.343 e. The summed E-state index contributed by atoms with van der Waals surface area (Å²) in [7, 11) is -3.42. The Hall–Kier alpha value is -1.73. The molecule has 144 valence electrons. The van der Waals surface area contributed by atoms with E-state index in [4.69, 9.17) is 9.47 Å². The molecule has 0 unspecified atom stereocenters. The van der Waals surface area contributed by atoms with Crippen LogP contribution in [0.5, 0.6) is 0 Å². The van der Waals surface area contributed by atoms with E-state index < -0.39 is 15.6 Å². The van der Waals surface area contributed by atoms with E-state index in [9.17, 15) is 8.42 Å². The molecule has 4 rings (SSSR count). The van der Waals surface area contributed by atoms with E-state index in [2.05, 4.69) is 17.0 Å². The van der Waals surface area contributed by atoms with Crippen molar-refractivity contribution in [1.82, 2.24) is 4.90 Å². The van der Waals surface area contributed by atoms with Gasteiger partial charge in [-0.3, -0.25) is 4.90 Å². The van der Waals surface area contributed by atoms with Crippen LogP contribution in [0.3, 0.4) is 0 Å². The van der Waals surface area contributed by atoms with E-state index in [1.54, 1.807) is 24.3 Å². The molecular weight excluding hydrogens is 362 g/mol. The Morgan fingerprint density at radius 3 is 2.30 bits per heavy atom. The number of rotatable bonds is 5. The van der Waals surface area contributed by atoms with E-state index >= 15 is 0 Å². The molecule has 0 saturated carbocycles. The van der Waals surface area contributed by atoms with E-state index in [0.717, 1.165) is 5.56 Å². The Bertz CT molecular complexity index is 883. The topological polar surface area (TPSA) is 55.8 Å². The maximum absolute atomic E-state index is 13.0. The minimum atomic E-state index is -3.42. The summed E-state index contributed by atoms with van der Waals surface area (Å²) < 4.78 is 38.2. The van der Waals surface area contributed by atoms with Gasteiger partial charge < -0.3 is 9.47 Å². The predicted octanol–water partition coefficient (Wildman–Crippen LogP) is 2.86. The third-order valence-corrected chi connectivity index (χ3v) is 6.98. The molecule has 2 saturated heterocycles. The van der Waals surface area contributed by atoms with E-state index in [1.165, 1.54) is 0 Å². The van der Waals surface area contributed by atoms with Crippen LogP contribution in [0.15, 0.2) is 65.6 Å². The van der Waals surface area contributed by atoms with Crippen molar-refractivity contribution in [1.29, 1.82) is 0 Å². The van der Waals surface area contributed by atoms with E-state index in [0.29, 0.717) is 18.0 Å². The second kappa shape index (κ2) is 7.02. The Morgan fingerprint density at radius 2 is 1.63 bits per heavy atom. The van der Waals surface area contributed by atoms with Crippen LogP contribution in [-0.2, 0) is 25.9 Å². The van der Waals surface area contributed by atoms with Crippen LogP contribution < -0.4 is 0 Å². The number of ether oxygens (including phenoxy) is 2. The zero-order chi connectivity index (χ0) is 19.1. The lowest BCUT2D eigenvalue weighted by Crippen LogP contribution is -2.42. The van der Waals surface area contributed by atoms with Crippen molar-refractivity contribution < 1.29 is 17.9 Å². The number of hydrogen-bond donors (Lipinski definition) is 0. The molecule has 0 aliphatic carbocycles. The molecule has 0 radical (unpaired) electrons. The molecule has 2 aromatic rings. The smallest absolute Gasteiger partial charge is 0.180 e. The number of likely N-dealkylation sites (tertiary alicyclic amines) is 1. The maximum Gasteiger partial charge on any atom is 0.180 e. The lowest BCUT2D eigenvalue weighted by Gasteiger charge is -2.29. The van der Waals surface area contributed by atoms with Gasteiger partial charge in [-0.25, -0.2) is 8.42 Å². The van der Waals surface area contributed by atoms with Crippen LogP contribution in [0.2, 0.25) is 0 Å². The molecule has 0 spiro atoms. The van der Waals surface area contributed by atoms with E-state index in [-0.39, 0.29) is 24.0 Å². The lowest BCUT2D eigenvalue weighted by atomic mass is 10.1. The highest BCUT2D eigenvalue weighted by Crippen LogP contribution is 2.38. The first-order valence-corrected chi connectivity index (χ1v) is 10.9. The van der Waals surface area contributed by atoms with Gasteiger partial charge in [0.25, 0.3) is 0 Å². The standard InChI is InChI=1S/C21H25NO4S/c1-21(2)25-19-14-22(13-16-9-5-3-6-10-16)18(20(19)26-21)15-27(23,24)17-11-7-4-8-12-17/h3-12,18-20H,13-15H2,1-2H3/t18-,19-,20+/m1/s1. The van der Waals surface area contributed by atoms with Gasteiger partial charge in [0.1, 0.15) is 12.2 Å². The third kappa shape index (κ3) is 3.94. The Kier molecular flexibility index (Phi) is 4.84. The van der Waals surface area contributed by atoms with Gasteiger partial charge in [0, 0.05) is 13.1 Å². The number of benzene rings is 2. The summed E-state index contributed by atoms with van der Waals surface area (Å²) in [6, 6.07) is 18.5. The van der Waals surface area contributed by atoms with Crippen LogP contribution in [0, 0.1) is 0 Å². The van der Waals surface area contributed by atoms with Crippen LogP contribution in [0.4, 0.5) is 0 Å². The second-order valence-corrected chi connectivity index (χ2v) is 9.75. The Labute approximate surface area is 160 Å². The highest BCUT2D eigenvalue weighted by Gasteiger charge is 2.53. The van der Waals surface area contributed by atoms with Gasteiger partial charge in [0.15, 0.2) is 15.6 Å². The van der Waals surface area contributed by atoms with Crippen molar-refractivity contribution >= 4 is 9.84 Å². The Morgan fingerprint density at radius 1 is 1.00 bits per heavy atom. The van der Waals surface area contributed by atoms with Crippen LogP contribution in [0.1, 0.15) is 19.4 Å². The molecule has 3 atom stereocenters. The molecule has 0 amide bonds. The van der Waals surface area contributed by atoms with Gasteiger partial charge in [0.2, 0.25) is 0 Å². The molecule has 0 aromatic heterocycles. The molecule has 5 nitrogen and oxygen atoms in total. The first-order chi connectivity index (χ1) is 12.8. The van der Waals surface area contributed by atoms with Gasteiger partial charge in [0.05, 0.1) is 16.7 Å². The molecule has 2 aliphatic heterocycles. The van der Waals surface area contributed by atoms with Crippen molar-refractivity contribution in [3.8, 4) is 0 Å². The number of nitrogens with zero attached hydrogens (tertiary/aromatic N) is 1. The maximum atomic E-state index is 13.0. The molecule has 27 heavy (non-hydrogen) atoms. The summed E-state index contributed by atoms with van der Waals surface area (Å²) in [6.07, 6.45) is -0.359. The SMILES string of the molecule is CC1(C)O[C@H]2[C@@H](CS(=O)(=O)c3ccccc3)N(Cc3ccccc3)C[C@H]2O1. The number of sulfone groups is 1. The van der Waals surface area contributed by atoms with Crippen LogP contribution in [0.25, 0.3) is 0 Å². The summed E-state index contributed by atoms with van der Waals surface area (Å²) in [4.78, 5) is 2.53. The monoisotopic (exact) mass is 387 g/mol. The number of fused-ring (bicyclic) bond motifs is 1. The van der Waals surface area contributed by atoms with E-state index in [1.807, 2.05) is 38.1 Å². The highest BCUT2D eigenvalue weighted by molar-refractivity contribution is 7.91. The second-order valence-electron chi connectivity index (χ2n) is 7.72. The zero-order valence-electron chi connectivity index (χ0n) is 15.6. The third-order valence-electron chi connectivity index (χ3n) is 5.21. The van der Waals surface area contributed by atoms with Crippen molar-refractivity contribution in [2.75, 3.05) is 12.3 Å². The van der Waals surface area contributed by atoms with Gasteiger partial charge in [-0.1, -0.05) is 48.5 Å². The van der Waals surface area contributed by atoms with Gasteiger partial charge >= 0.3 is 0 Å². The average Bonchev–Trinajstić information content (AvgIpc) is 3.09. The molecule has 0 N–H and O–H groups in total. The first-order valence-electron chi connectivity index (χ1n) is 9.25. The molecule has 2 aliphatic rings.